The van der Waals surface area contributed by atoms with Crippen molar-refractivity contribution in [1.82, 2.24) is 30.0 Å². The summed E-state index contributed by atoms with van der Waals surface area (Å²) in [4.78, 5) is 14.7. The average molecular weight is 352 g/mol. The van der Waals surface area contributed by atoms with Crippen molar-refractivity contribution in [2.45, 2.75) is 39.0 Å². The minimum atomic E-state index is 0.0235. The zero-order valence-electron chi connectivity index (χ0n) is 13.0. The fourth-order valence-electron chi connectivity index (χ4n) is 2.82. The van der Waals surface area contributed by atoms with Crippen LogP contribution in [0.3, 0.4) is 0 Å². The van der Waals surface area contributed by atoms with Gasteiger partial charge in [-0.3, -0.25) is 9.69 Å². The Bertz CT molecular complexity index is 707. The van der Waals surface area contributed by atoms with Crippen LogP contribution in [0.25, 0.3) is 0 Å². The molecule has 0 radical (unpaired) electrons. The van der Waals surface area contributed by atoms with E-state index in [-0.39, 0.29) is 11.9 Å². The van der Waals surface area contributed by atoms with E-state index >= 15 is 0 Å². The number of piperidine rings is 1. The van der Waals surface area contributed by atoms with Crippen LogP contribution in [0.2, 0.25) is 0 Å². The van der Waals surface area contributed by atoms with E-state index in [9.17, 15) is 4.79 Å². The van der Waals surface area contributed by atoms with Crippen molar-refractivity contribution < 1.29 is 4.79 Å². The Morgan fingerprint density at radius 2 is 2.30 bits per heavy atom. The number of nitrogens with one attached hydrogen (secondary N) is 1. The highest BCUT2D eigenvalue weighted by Gasteiger charge is 2.21. The van der Waals surface area contributed by atoms with E-state index in [2.05, 4.69) is 26.7 Å². The Hall–Kier alpha value is -1.58. The van der Waals surface area contributed by atoms with Gasteiger partial charge in [0.25, 0.3) is 0 Å². The molecule has 1 aliphatic heterocycles. The number of carbonyl (C=O) groups excluding carboxylic acids is 1. The van der Waals surface area contributed by atoms with Crippen LogP contribution in [0.4, 0.5) is 0 Å². The second-order valence-corrected chi connectivity index (χ2v) is 7.15. The van der Waals surface area contributed by atoms with Gasteiger partial charge < -0.3 is 5.32 Å². The highest BCUT2D eigenvalue weighted by molar-refractivity contribution is 7.71. The molecule has 0 aromatic carbocycles. The average Bonchev–Trinajstić information content (AvgIpc) is 3.12. The van der Waals surface area contributed by atoms with Crippen LogP contribution in [0, 0.1) is 4.77 Å². The van der Waals surface area contributed by atoms with Gasteiger partial charge in [0.1, 0.15) is 0 Å². The molecule has 3 rings (SSSR count). The topological polar surface area (TPSA) is 68.0 Å². The molecule has 0 saturated carbocycles. The third kappa shape index (κ3) is 4.24. The number of rotatable bonds is 5. The molecule has 1 N–H and O–H groups in total. The molecular formula is C14H20N6OS2. The maximum atomic E-state index is 11.2. The minimum absolute atomic E-state index is 0.0235. The number of tetrazole rings is 1. The van der Waals surface area contributed by atoms with Crippen molar-refractivity contribution in [2.75, 3.05) is 13.1 Å². The lowest BCUT2D eigenvalue weighted by atomic mass is 10.1. The molecule has 23 heavy (non-hydrogen) atoms. The molecule has 1 aliphatic rings. The molecule has 124 valence electrons. The van der Waals surface area contributed by atoms with E-state index in [4.69, 9.17) is 12.2 Å². The zero-order valence-corrected chi connectivity index (χ0v) is 14.6. The van der Waals surface area contributed by atoms with Crippen LogP contribution in [-0.4, -0.2) is 49.7 Å². The normalized spacial score (nSPS) is 18.9. The Morgan fingerprint density at radius 3 is 3.04 bits per heavy atom. The molecule has 2 aromatic heterocycles. The summed E-state index contributed by atoms with van der Waals surface area (Å²) in [7, 11) is 0. The predicted octanol–water partition coefficient (Wildman–Crippen LogP) is 1.48. The molecule has 2 aromatic rings. The van der Waals surface area contributed by atoms with Crippen molar-refractivity contribution in [3.05, 3.63) is 27.2 Å². The summed E-state index contributed by atoms with van der Waals surface area (Å²) in [5, 5.41) is 13.4. The van der Waals surface area contributed by atoms with E-state index in [1.54, 1.807) is 27.6 Å². The van der Waals surface area contributed by atoms with Crippen LogP contribution < -0.4 is 5.32 Å². The van der Waals surface area contributed by atoms with Crippen molar-refractivity contribution in [3.8, 4) is 0 Å². The first-order valence-corrected chi connectivity index (χ1v) is 8.93. The summed E-state index contributed by atoms with van der Waals surface area (Å²) in [6.45, 7) is 4.63. The van der Waals surface area contributed by atoms with Gasteiger partial charge in [0, 0.05) is 30.9 Å². The summed E-state index contributed by atoms with van der Waals surface area (Å²) in [5.41, 5.74) is 0. The summed E-state index contributed by atoms with van der Waals surface area (Å²) in [6.07, 6.45) is 2.08. The molecule has 1 atom stereocenters. The number of carbonyl (C=O) groups is 1. The highest BCUT2D eigenvalue weighted by Crippen LogP contribution is 2.12. The number of amides is 1. The fraction of sp³-hybridized carbons (Fsp3) is 0.571. The van der Waals surface area contributed by atoms with Crippen molar-refractivity contribution in [2.24, 2.45) is 0 Å². The first kappa shape index (κ1) is 16.3. The van der Waals surface area contributed by atoms with Gasteiger partial charge in [-0.05, 0) is 46.9 Å². The zero-order chi connectivity index (χ0) is 16.2. The van der Waals surface area contributed by atoms with E-state index in [0.29, 0.717) is 18.0 Å². The number of hydrogen-bond acceptors (Lipinski definition) is 6. The predicted molar refractivity (Wildman–Crippen MR) is 90.7 cm³/mol. The summed E-state index contributed by atoms with van der Waals surface area (Å²) < 4.78 is 4.12. The number of nitrogens with zero attached hydrogens (tertiary/aromatic N) is 5. The molecule has 1 saturated heterocycles. The lowest BCUT2D eigenvalue weighted by molar-refractivity contribution is -0.120. The van der Waals surface area contributed by atoms with Gasteiger partial charge in [-0.2, -0.15) is 0 Å². The number of hydrogen-bond donors (Lipinski definition) is 1. The Kier molecular flexibility index (Phi) is 5.19. The van der Waals surface area contributed by atoms with E-state index in [1.165, 1.54) is 4.88 Å². The molecule has 3 heterocycles. The molecule has 0 spiro atoms. The summed E-state index contributed by atoms with van der Waals surface area (Å²) in [5.74, 6) is 0.0235. The first-order chi connectivity index (χ1) is 11.1. The molecule has 0 aliphatic carbocycles. The quantitative estimate of drug-likeness (QED) is 0.826. The van der Waals surface area contributed by atoms with Gasteiger partial charge in [0.05, 0.1) is 13.2 Å². The van der Waals surface area contributed by atoms with E-state index in [1.807, 2.05) is 11.4 Å². The van der Waals surface area contributed by atoms with Gasteiger partial charge in [-0.1, -0.05) is 6.07 Å². The molecular weight excluding hydrogens is 332 g/mol. The van der Waals surface area contributed by atoms with Crippen molar-refractivity contribution in [3.63, 3.8) is 0 Å². The Balaban J connectivity index is 1.63. The van der Waals surface area contributed by atoms with Crippen LogP contribution in [-0.2, 0) is 18.0 Å². The van der Waals surface area contributed by atoms with Crippen LogP contribution in [0.1, 0.15) is 24.6 Å². The van der Waals surface area contributed by atoms with Gasteiger partial charge in [0.2, 0.25) is 10.7 Å². The fourth-order valence-corrected chi connectivity index (χ4v) is 3.70. The van der Waals surface area contributed by atoms with Gasteiger partial charge in [-0.15, -0.1) is 11.3 Å². The van der Waals surface area contributed by atoms with Crippen LogP contribution in [0.5, 0.6) is 0 Å². The van der Waals surface area contributed by atoms with Gasteiger partial charge in [-0.25, -0.2) is 9.36 Å². The molecule has 7 nitrogen and oxygen atoms in total. The molecule has 1 unspecified atom stereocenters. The lowest BCUT2D eigenvalue weighted by Crippen LogP contribution is -2.47. The lowest BCUT2D eigenvalue weighted by Gasteiger charge is -2.32. The van der Waals surface area contributed by atoms with Crippen LogP contribution >= 0.6 is 23.6 Å². The van der Waals surface area contributed by atoms with E-state index < -0.39 is 0 Å². The summed E-state index contributed by atoms with van der Waals surface area (Å²) in [6, 6.07) is 4.29. The molecule has 9 heteroatoms. The maximum Gasteiger partial charge on any atom is 0.217 e. The Morgan fingerprint density at radius 1 is 1.48 bits per heavy atom. The standard InChI is InChI=1S/C14H20N6OS2/c1-11(21)15-12-4-2-6-18(8-12)10-20-14(22)19(16-17-20)9-13-5-3-7-23-13/h3,5,7,12H,2,4,6,8-10H2,1H3,(H,15,21). The second-order valence-electron chi connectivity index (χ2n) is 5.76. The van der Waals surface area contributed by atoms with Gasteiger partial charge >= 0.3 is 0 Å². The van der Waals surface area contributed by atoms with E-state index in [0.717, 1.165) is 25.9 Å². The number of likely N-dealkylation sites (tertiary alicyclic amines) is 1. The largest absolute Gasteiger partial charge is 0.352 e. The third-order valence-corrected chi connectivity index (χ3v) is 5.11. The SMILES string of the molecule is CC(=O)NC1CCCN(Cn2nnn(Cc3cccs3)c2=S)C1. The van der Waals surface area contributed by atoms with Crippen molar-refractivity contribution >= 4 is 29.5 Å². The first-order valence-electron chi connectivity index (χ1n) is 7.64. The van der Waals surface area contributed by atoms with Gasteiger partial charge in [0.15, 0.2) is 0 Å². The number of aromatic nitrogens is 4. The summed E-state index contributed by atoms with van der Waals surface area (Å²) >= 11 is 7.16. The van der Waals surface area contributed by atoms with Crippen LogP contribution in [0.15, 0.2) is 17.5 Å². The second kappa shape index (κ2) is 7.33. The maximum absolute atomic E-state index is 11.2. The molecule has 1 fully saturated rings. The highest BCUT2D eigenvalue weighted by atomic mass is 32.1. The number of thiophene rings is 1. The monoisotopic (exact) mass is 352 g/mol. The molecule has 0 bridgehead atoms. The van der Waals surface area contributed by atoms with Crippen molar-refractivity contribution in [1.29, 1.82) is 0 Å². The minimum Gasteiger partial charge on any atom is -0.352 e. The molecule has 1 amide bonds. The third-order valence-electron chi connectivity index (χ3n) is 3.83. The smallest absolute Gasteiger partial charge is 0.217 e. The Labute approximate surface area is 143 Å².